The van der Waals surface area contributed by atoms with Gasteiger partial charge in [0.25, 0.3) is 0 Å². The number of nitrogens with zero attached hydrogens (tertiary/aromatic N) is 3. The summed E-state index contributed by atoms with van der Waals surface area (Å²) in [4.78, 5) is 13.0. The number of piperazine rings is 1. The Hall–Kier alpha value is -2.08. The summed E-state index contributed by atoms with van der Waals surface area (Å²) in [5.41, 5.74) is 5.31. The Kier molecular flexibility index (Phi) is 6.09. The molecular formula is C23H29ClN4O. The summed E-state index contributed by atoms with van der Waals surface area (Å²) >= 11 is 6.56. The van der Waals surface area contributed by atoms with Crippen molar-refractivity contribution < 1.29 is 4.74 Å². The topological polar surface area (TPSA) is 44.4 Å². The molecule has 4 rings (SSSR count). The van der Waals surface area contributed by atoms with Crippen molar-refractivity contribution >= 4 is 22.6 Å². The van der Waals surface area contributed by atoms with Crippen LogP contribution in [-0.4, -0.2) is 66.1 Å². The third kappa shape index (κ3) is 4.74. The van der Waals surface area contributed by atoms with E-state index in [2.05, 4.69) is 47.8 Å². The lowest BCUT2D eigenvalue weighted by Crippen LogP contribution is -2.44. The van der Waals surface area contributed by atoms with Gasteiger partial charge in [0.05, 0.1) is 22.7 Å². The maximum Gasteiger partial charge on any atom is 0.140 e. The second kappa shape index (κ2) is 8.74. The van der Waals surface area contributed by atoms with E-state index in [1.807, 2.05) is 18.2 Å². The minimum Gasteiger partial charge on any atom is -0.493 e. The van der Waals surface area contributed by atoms with Gasteiger partial charge in [0.15, 0.2) is 0 Å². The molecular weight excluding hydrogens is 384 g/mol. The van der Waals surface area contributed by atoms with Crippen molar-refractivity contribution in [3.63, 3.8) is 0 Å². The van der Waals surface area contributed by atoms with Crippen LogP contribution in [0.5, 0.6) is 5.75 Å². The number of imidazole rings is 1. The third-order valence-corrected chi connectivity index (χ3v) is 5.91. The van der Waals surface area contributed by atoms with Crippen molar-refractivity contribution in [1.29, 1.82) is 0 Å². The van der Waals surface area contributed by atoms with Crippen molar-refractivity contribution in [2.75, 3.05) is 46.4 Å². The molecule has 0 aliphatic carbocycles. The Morgan fingerprint density at radius 3 is 2.66 bits per heavy atom. The fraction of sp³-hybridized carbons (Fsp3) is 0.435. The SMILES string of the molecule is Cc1cc(C)c2nc(-c3ccc(OCCCN4CCN(C)CC4)cc3Cl)[nH]c2c1. The van der Waals surface area contributed by atoms with Gasteiger partial charge in [-0.05, 0) is 62.7 Å². The number of nitrogens with one attached hydrogen (secondary N) is 1. The number of rotatable bonds is 6. The van der Waals surface area contributed by atoms with E-state index in [1.165, 1.54) is 11.1 Å². The molecule has 0 bridgehead atoms. The van der Waals surface area contributed by atoms with Crippen molar-refractivity contribution in [2.45, 2.75) is 20.3 Å². The minimum absolute atomic E-state index is 0.648. The lowest BCUT2D eigenvalue weighted by molar-refractivity contribution is 0.145. The monoisotopic (exact) mass is 412 g/mol. The Morgan fingerprint density at radius 2 is 1.90 bits per heavy atom. The van der Waals surface area contributed by atoms with Gasteiger partial charge >= 0.3 is 0 Å². The number of aryl methyl sites for hydroxylation is 2. The summed E-state index contributed by atoms with van der Waals surface area (Å²) in [5, 5.41) is 0.648. The Bertz CT molecular complexity index is 992. The number of halogens is 1. The highest BCUT2D eigenvalue weighted by molar-refractivity contribution is 6.33. The van der Waals surface area contributed by atoms with Crippen LogP contribution in [0, 0.1) is 13.8 Å². The van der Waals surface area contributed by atoms with E-state index in [4.69, 9.17) is 21.3 Å². The molecule has 154 valence electrons. The lowest BCUT2D eigenvalue weighted by atomic mass is 10.1. The van der Waals surface area contributed by atoms with Crippen LogP contribution >= 0.6 is 11.6 Å². The van der Waals surface area contributed by atoms with Crippen LogP contribution in [0.2, 0.25) is 5.02 Å². The van der Waals surface area contributed by atoms with Crippen molar-refractivity contribution in [1.82, 2.24) is 19.8 Å². The van der Waals surface area contributed by atoms with E-state index < -0.39 is 0 Å². The van der Waals surface area contributed by atoms with Crippen molar-refractivity contribution in [2.24, 2.45) is 0 Å². The number of H-pyrrole nitrogens is 1. The van der Waals surface area contributed by atoms with Crippen LogP contribution in [-0.2, 0) is 0 Å². The summed E-state index contributed by atoms with van der Waals surface area (Å²) < 4.78 is 5.93. The van der Waals surface area contributed by atoms with Gasteiger partial charge < -0.3 is 19.5 Å². The molecule has 29 heavy (non-hydrogen) atoms. The lowest BCUT2D eigenvalue weighted by Gasteiger charge is -2.32. The Labute approximate surface area is 177 Å². The number of aromatic nitrogens is 2. The molecule has 0 amide bonds. The molecule has 0 spiro atoms. The molecule has 2 aromatic carbocycles. The van der Waals surface area contributed by atoms with E-state index >= 15 is 0 Å². The number of benzene rings is 2. The van der Waals surface area contributed by atoms with Crippen LogP contribution in [0.3, 0.4) is 0 Å². The normalized spacial score (nSPS) is 15.9. The molecule has 3 aromatic rings. The molecule has 1 aromatic heterocycles. The Balaban J connectivity index is 1.37. The van der Waals surface area contributed by atoms with Gasteiger partial charge in [-0.25, -0.2) is 4.98 Å². The predicted octanol–water partition coefficient (Wildman–Crippen LogP) is 4.52. The number of fused-ring (bicyclic) bond motifs is 1. The molecule has 1 saturated heterocycles. The largest absolute Gasteiger partial charge is 0.493 e. The van der Waals surface area contributed by atoms with Gasteiger partial charge in [0.1, 0.15) is 11.6 Å². The molecule has 5 nitrogen and oxygen atoms in total. The quantitative estimate of drug-likeness (QED) is 0.605. The first kappa shape index (κ1) is 20.2. The molecule has 0 radical (unpaired) electrons. The molecule has 1 fully saturated rings. The molecule has 1 aliphatic heterocycles. The van der Waals surface area contributed by atoms with E-state index in [1.54, 1.807) is 0 Å². The highest BCUT2D eigenvalue weighted by Crippen LogP contribution is 2.31. The van der Waals surface area contributed by atoms with Gasteiger partial charge in [0, 0.05) is 38.3 Å². The molecule has 0 saturated carbocycles. The van der Waals surface area contributed by atoms with E-state index in [9.17, 15) is 0 Å². The average Bonchev–Trinajstić information content (AvgIpc) is 3.11. The van der Waals surface area contributed by atoms with Crippen LogP contribution < -0.4 is 4.74 Å². The fourth-order valence-electron chi connectivity index (χ4n) is 3.93. The standard InChI is InChI=1S/C23H29ClN4O/c1-16-13-17(2)22-21(14-16)25-23(26-22)19-6-5-18(15-20(19)24)29-12-4-7-28-10-8-27(3)9-11-28/h5-6,13-15H,4,7-12H2,1-3H3,(H,25,26). The molecule has 0 unspecified atom stereocenters. The Morgan fingerprint density at radius 1 is 1.10 bits per heavy atom. The first-order valence-electron chi connectivity index (χ1n) is 10.3. The predicted molar refractivity (Wildman–Crippen MR) is 120 cm³/mol. The van der Waals surface area contributed by atoms with Crippen LogP contribution in [0.4, 0.5) is 0 Å². The second-order valence-corrected chi connectivity index (χ2v) is 8.46. The summed E-state index contributed by atoms with van der Waals surface area (Å²) in [6.45, 7) is 10.6. The number of hydrogen-bond acceptors (Lipinski definition) is 4. The number of ether oxygens (including phenoxy) is 1. The number of hydrogen-bond donors (Lipinski definition) is 1. The summed E-state index contributed by atoms with van der Waals surface area (Å²) in [5.74, 6) is 1.60. The zero-order valence-electron chi connectivity index (χ0n) is 17.5. The highest BCUT2D eigenvalue weighted by atomic mass is 35.5. The summed E-state index contributed by atoms with van der Waals surface area (Å²) in [7, 11) is 2.18. The second-order valence-electron chi connectivity index (χ2n) is 8.05. The summed E-state index contributed by atoms with van der Waals surface area (Å²) in [6.07, 6.45) is 1.02. The zero-order valence-corrected chi connectivity index (χ0v) is 18.2. The van der Waals surface area contributed by atoms with Crippen LogP contribution in [0.1, 0.15) is 17.5 Å². The van der Waals surface area contributed by atoms with Gasteiger partial charge in [-0.15, -0.1) is 0 Å². The first-order chi connectivity index (χ1) is 14.0. The zero-order chi connectivity index (χ0) is 20.4. The molecule has 1 aliphatic rings. The average molecular weight is 413 g/mol. The fourth-order valence-corrected chi connectivity index (χ4v) is 4.19. The van der Waals surface area contributed by atoms with Gasteiger partial charge in [-0.2, -0.15) is 0 Å². The minimum atomic E-state index is 0.648. The highest BCUT2D eigenvalue weighted by Gasteiger charge is 2.14. The van der Waals surface area contributed by atoms with Crippen molar-refractivity contribution in [3.05, 3.63) is 46.5 Å². The van der Waals surface area contributed by atoms with E-state index in [-0.39, 0.29) is 0 Å². The smallest absolute Gasteiger partial charge is 0.140 e. The number of likely N-dealkylation sites (N-methyl/N-ethyl adjacent to an activating group) is 1. The molecule has 2 heterocycles. The molecule has 6 heteroatoms. The van der Waals surface area contributed by atoms with Gasteiger partial charge in [0.2, 0.25) is 0 Å². The first-order valence-corrected chi connectivity index (χ1v) is 10.7. The van der Waals surface area contributed by atoms with E-state index in [0.29, 0.717) is 11.6 Å². The number of aromatic amines is 1. The van der Waals surface area contributed by atoms with Gasteiger partial charge in [-0.1, -0.05) is 17.7 Å². The summed E-state index contributed by atoms with van der Waals surface area (Å²) in [6, 6.07) is 10.1. The maximum atomic E-state index is 6.56. The van der Waals surface area contributed by atoms with Gasteiger partial charge in [-0.3, -0.25) is 0 Å². The van der Waals surface area contributed by atoms with Crippen LogP contribution in [0.25, 0.3) is 22.4 Å². The molecule has 1 N–H and O–H groups in total. The van der Waals surface area contributed by atoms with E-state index in [0.717, 1.165) is 67.3 Å². The van der Waals surface area contributed by atoms with Crippen LogP contribution in [0.15, 0.2) is 30.3 Å². The third-order valence-electron chi connectivity index (χ3n) is 5.60. The maximum absolute atomic E-state index is 6.56. The molecule has 0 atom stereocenters. The van der Waals surface area contributed by atoms with Crippen molar-refractivity contribution in [3.8, 4) is 17.1 Å².